The summed E-state index contributed by atoms with van der Waals surface area (Å²) in [5, 5.41) is 3.30. The molecular formula is C19H16BrFN2O2S. The highest BCUT2D eigenvalue weighted by Gasteiger charge is 2.29. The molecule has 134 valence electrons. The molecule has 1 amide bonds. The fourth-order valence-corrected chi connectivity index (χ4v) is 3.25. The van der Waals surface area contributed by atoms with Crippen LogP contribution in [0.25, 0.3) is 6.08 Å². The summed E-state index contributed by atoms with van der Waals surface area (Å²) in [6.45, 7) is 2.44. The van der Waals surface area contributed by atoms with Crippen molar-refractivity contribution in [2.24, 2.45) is 0 Å². The van der Waals surface area contributed by atoms with Crippen LogP contribution in [0, 0.1) is 5.82 Å². The molecule has 1 N–H and O–H groups in total. The van der Waals surface area contributed by atoms with Gasteiger partial charge in [-0.1, -0.05) is 34.1 Å². The number of carbonyl (C=O) groups excluding carboxylic acids is 1. The van der Waals surface area contributed by atoms with Crippen LogP contribution in [-0.4, -0.2) is 22.5 Å². The zero-order valence-electron chi connectivity index (χ0n) is 14.0. The quantitative estimate of drug-likeness (QED) is 0.564. The maximum absolute atomic E-state index is 13.8. The molecule has 0 aromatic heterocycles. The van der Waals surface area contributed by atoms with Crippen molar-refractivity contribution in [2.45, 2.75) is 13.5 Å². The molecule has 3 rings (SSSR count). The van der Waals surface area contributed by atoms with Gasteiger partial charge in [0.05, 0.1) is 0 Å². The van der Waals surface area contributed by atoms with Crippen molar-refractivity contribution in [2.75, 3.05) is 6.54 Å². The molecule has 26 heavy (non-hydrogen) atoms. The minimum absolute atomic E-state index is 0.0886. The Kier molecular flexibility index (Phi) is 5.68. The smallest absolute Gasteiger partial charge is 0.276 e. The SMILES string of the molecule is CCN1C(=O)/C(=C/c2cc(Br)ccc2OCc2ccccc2F)NC1=S. The molecule has 0 spiro atoms. The van der Waals surface area contributed by atoms with Crippen molar-refractivity contribution < 1.29 is 13.9 Å². The molecule has 0 radical (unpaired) electrons. The van der Waals surface area contributed by atoms with Gasteiger partial charge in [-0.15, -0.1) is 0 Å². The normalized spacial score (nSPS) is 15.5. The Labute approximate surface area is 164 Å². The highest BCUT2D eigenvalue weighted by Crippen LogP contribution is 2.27. The Balaban J connectivity index is 1.87. The van der Waals surface area contributed by atoms with E-state index in [4.69, 9.17) is 17.0 Å². The number of nitrogens with zero attached hydrogens (tertiary/aromatic N) is 1. The van der Waals surface area contributed by atoms with Crippen LogP contribution in [0.4, 0.5) is 4.39 Å². The molecule has 1 saturated heterocycles. The van der Waals surface area contributed by atoms with Gasteiger partial charge in [0.15, 0.2) is 5.11 Å². The van der Waals surface area contributed by atoms with E-state index in [1.165, 1.54) is 11.0 Å². The molecular weight excluding hydrogens is 419 g/mol. The van der Waals surface area contributed by atoms with Gasteiger partial charge < -0.3 is 10.1 Å². The summed E-state index contributed by atoms with van der Waals surface area (Å²) in [6, 6.07) is 11.9. The number of hydrogen-bond donors (Lipinski definition) is 1. The topological polar surface area (TPSA) is 41.6 Å². The summed E-state index contributed by atoms with van der Waals surface area (Å²) in [5.74, 6) is 0.0399. The van der Waals surface area contributed by atoms with Gasteiger partial charge in [0.1, 0.15) is 23.9 Å². The van der Waals surface area contributed by atoms with Crippen molar-refractivity contribution in [1.82, 2.24) is 10.2 Å². The lowest BCUT2D eigenvalue weighted by Gasteiger charge is -2.11. The Morgan fingerprint density at radius 2 is 2.08 bits per heavy atom. The first-order valence-electron chi connectivity index (χ1n) is 8.00. The maximum atomic E-state index is 13.8. The van der Waals surface area contributed by atoms with Crippen molar-refractivity contribution in [3.05, 3.63) is 69.6 Å². The molecule has 2 aromatic carbocycles. The van der Waals surface area contributed by atoms with E-state index in [1.54, 1.807) is 30.3 Å². The Hall–Kier alpha value is -2.25. The van der Waals surface area contributed by atoms with Gasteiger partial charge in [-0.25, -0.2) is 4.39 Å². The van der Waals surface area contributed by atoms with Crippen molar-refractivity contribution >= 4 is 45.2 Å². The average molecular weight is 435 g/mol. The fourth-order valence-electron chi connectivity index (χ4n) is 2.55. The molecule has 1 fully saturated rings. The van der Waals surface area contributed by atoms with Crippen LogP contribution in [0.3, 0.4) is 0 Å². The van der Waals surface area contributed by atoms with Crippen LogP contribution in [0.2, 0.25) is 0 Å². The van der Waals surface area contributed by atoms with E-state index in [0.29, 0.717) is 34.2 Å². The summed E-state index contributed by atoms with van der Waals surface area (Å²) in [4.78, 5) is 13.9. The predicted octanol–water partition coefficient (Wildman–Crippen LogP) is 4.24. The second kappa shape index (κ2) is 7.97. The lowest BCUT2D eigenvalue weighted by molar-refractivity contribution is -0.122. The average Bonchev–Trinajstić information content (AvgIpc) is 2.88. The first-order chi connectivity index (χ1) is 12.5. The third-order valence-electron chi connectivity index (χ3n) is 3.89. The molecule has 0 atom stereocenters. The van der Waals surface area contributed by atoms with E-state index < -0.39 is 0 Å². The van der Waals surface area contributed by atoms with Gasteiger partial charge in [0.2, 0.25) is 0 Å². The molecule has 7 heteroatoms. The summed E-state index contributed by atoms with van der Waals surface area (Å²) < 4.78 is 20.4. The van der Waals surface area contributed by atoms with E-state index in [2.05, 4.69) is 21.2 Å². The van der Waals surface area contributed by atoms with Crippen molar-refractivity contribution in [3.8, 4) is 5.75 Å². The van der Waals surface area contributed by atoms with Gasteiger partial charge in [-0.05, 0) is 49.5 Å². The van der Waals surface area contributed by atoms with Gasteiger partial charge >= 0.3 is 0 Å². The van der Waals surface area contributed by atoms with Gasteiger partial charge in [0.25, 0.3) is 5.91 Å². The van der Waals surface area contributed by atoms with Gasteiger partial charge in [-0.3, -0.25) is 9.69 Å². The molecule has 1 aliphatic heterocycles. The molecule has 1 heterocycles. The van der Waals surface area contributed by atoms with Gasteiger partial charge in [0, 0.05) is 22.1 Å². The van der Waals surface area contributed by atoms with Crippen molar-refractivity contribution in [3.63, 3.8) is 0 Å². The van der Waals surface area contributed by atoms with E-state index in [-0.39, 0.29) is 18.3 Å². The highest BCUT2D eigenvalue weighted by molar-refractivity contribution is 9.10. The van der Waals surface area contributed by atoms with Crippen LogP contribution >= 0.6 is 28.1 Å². The Morgan fingerprint density at radius 3 is 2.77 bits per heavy atom. The van der Waals surface area contributed by atoms with E-state index in [9.17, 15) is 9.18 Å². The van der Waals surface area contributed by atoms with Crippen LogP contribution < -0.4 is 10.1 Å². The maximum Gasteiger partial charge on any atom is 0.276 e. The van der Waals surface area contributed by atoms with Crippen LogP contribution in [-0.2, 0) is 11.4 Å². The Bertz CT molecular complexity index is 901. The third-order valence-corrected chi connectivity index (χ3v) is 4.71. The number of likely N-dealkylation sites (N-methyl/N-ethyl adjacent to an activating group) is 1. The number of ether oxygens (including phenoxy) is 1. The number of halogens is 2. The van der Waals surface area contributed by atoms with E-state index >= 15 is 0 Å². The second-order valence-corrected chi connectivity index (χ2v) is 6.90. The molecule has 0 aliphatic carbocycles. The zero-order chi connectivity index (χ0) is 18.7. The second-order valence-electron chi connectivity index (χ2n) is 5.60. The predicted molar refractivity (Wildman–Crippen MR) is 106 cm³/mol. The van der Waals surface area contributed by atoms with Crippen LogP contribution in [0.5, 0.6) is 5.75 Å². The zero-order valence-corrected chi connectivity index (χ0v) is 16.4. The van der Waals surface area contributed by atoms with Crippen molar-refractivity contribution in [1.29, 1.82) is 0 Å². The van der Waals surface area contributed by atoms with Gasteiger partial charge in [-0.2, -0.15) is 0 Å². The first kappa shape index (κ1) is 18.5. The monoisotopic (exact) mass is 434 g/mol. The standard InChI is InChI=1S/C19H16BrFN2O2S/c1-2-23-18(24)16(22-19(23)26)10-13-9-14(20)7-8-17(13)25-11-12-5-3-4-6-15(12)21/h3-10H,2,11H2,1H3,(H,22,26)/b16-10-. The minimum atomic E-state index is -0.318. The molecule has 0 bridgehead atoms. The fraction of sp³-hybridized carbons (Fsp3) is 0.158. The van der Waals surface area contributed by atoms with E-state index in [0.717, 1.165) is 4.47 Å². The van der Waals surface area contributed by atoms with Crippen LogP contribution in [0.15, 0.2) is 52.6 Å². The Morgan fingerprint density at radius 1 is 1.31 bits per heavy atom. The third kappa shape index (κ3) is 3.94. The molecule has 2 aromatic rings. The molecule has 0 unspecified atom stereocenters. The summed E-state index contributed by atoms with van der Waals surface area (Å²) >= 11 is 8.59. The lowest BCUT2D eigenvalue weighted by atomic mass is 10.1. The number of carbonyl (C=O) groups is 1. The summed E-state index contributed by atoms with van der Waals surface area (Å²) in [6.07, 6.45) is 1.69. The highest BCUT2D eigenvalue weighted by atomic mass is 79.9. The molecule has 4 nitrogen and oxygen atoms in total. The largest absolute Gasteiger partial charge is 0.488 e. The number of thiocarbonyl (C=S) groups is 1. The number of nitrogens with one attached hydrogen (secondary N) is 1. The number of benzene rings is 2. The lowest BCUT2D eigenvalue weighted by Crippen LogP contribution is -2.30. The van der Waals surface area contributed by atoms with E-state index in [1.807, 2.05) is 19.1 Å². The minimum Gasteiger partial charge on any atom is -0.488 e. The first-order valence-corrected chi connectivity index (χ1v) is 9.20. The number of amides is 1. The molecule has 1 aliphatic rings. The number of rotatable bonds is 5. The summed E-state index contributed by atoms with van der Waals surface area (Å²) in [7, 11) is 0. The summed E-state index contributed by atoms with van der Waals surface area (Å²) in [5.41, 5.74) is 1.53. The molecule has 0 saturated carbocycles. The number of hydrogen-bond acceptors (Lipinski definition) is 3. The van der Waals surface area contributed by atoms with Crippen LogP contribution in [0.1, 0.15) is 18.1 Å².